The summed E-state index contributed by atoms with van der Waals surface area (Å²) in [5.41, 5.74) is 9.30. The van der Waals surface area contributed by atoms with Crippen LogP contribution >= 0.6 is 0 Å². The van der Waals surface area contributed by atoms with Gasteiger partial charge < -0.3 is 10.8 Å². The van der Waals surface area contributed by atoms with E-state index in [0.29, 0.717) is 6.42 Å². The summed E-state index contributed by atoms with van der Waals surface area (Å²) in [7, 11) is 0. The number of primary amides is 1. The van der Waals surface area contributed by atoms with Crippen LogP contribution < -0.4 is 5.73 Å². The number of rotatable bonds is 4. The minimum absolute atomic E-state index is 0.216. The summed E-state index contributed by atoms with van der Waals surface area (Å²) in [6, 6.07) is 4.08. The highest BCUT2D eigenvalue weighted by Gasteiger charge is 2.14. The van der Waals surface area contributed by atoms with Crippen LogP contribution in [0.15, 0.2) is 12.1 Å². The van der Waals surface area contributed by atoms with Gasteiger partial charge in [0.25, 0.3) is 0 Å². The molecule has 0 aromatic heterocycles. The molecule has 3 N–H and O–H groups in total. The van der Waals surface area contributed by atoms with E-state index in [1.54, 1.807) is 0 Å². The maximum Gasteiger partial charge on any atom is 0.217 e. The fourth-order valence-electron chi connectivity index (χ4n) is 2.14. The Balaban J connectivity index is 2.90. The number of aryl methyl sites for hydroxylation is 3. The Morgan fingerprint density at radius 1 is 1.31 bits per heavy atom. The normalized spacial score (nSPS) is 12.5. The van der Waals surface area contributed by atoms with Crippen LogP contribution in [0.3, 0.4) is 0 Å². The lowest BCUT2D eigenvalue weighted by atomic mass is 9.93. The molecule has 1 aromatic rings. The highest BCUT2D eigenvalue weighted by atomic mass is 16.3. The van der Waals surface area contributed by atoms with Gasteiger partial charge in [-0.25, -0.2) is 0 Å². The Labute approximate surface area is 96.3 Å². The molecule has 1 amide bonds. The molecule has 0 radical (unpaired) electrons. The van der Waals surface area contributed by atoms with Crippen molar-refractivity contribution in [2.45, 2.75) is 39.7 Å². The van der Waals surface area contributed by atoms with Crippen LogP contribution in [0.4, 0.5) is 0 Å². The summed E-state index contributed by atoms with van der Waals surface area (Å²) in [6.45, 7) is 5.98. The van der Waals surface area contributed by atoms with Crippen molar-refractivity contribution < 1.29 is 9.90 Å². The number of amides is 1. The van der Waals surface area contributed by atoms with Crippen molar-refractivity contribution >= 4 is 5.91 Å². The second-order valence-electron chi connectivity index (χ2n) is 4.33. The first-order valence-electron chi connectivity index (χ1n) is 5.46. The summed E-state index contributed by atoms with van der Waals surface area (Å²) in [6.07, 6.45) is 0.00155. The summed E-state index contributed by atoms with van der Waals surface area (Å²) in [5.74, 6) is -0.374. The standard InChI is InChI=1S/C13H19NO2/c1-8-6-9(2)13(10(3)7-8)11(15)4-5-12(14)16/h6-7,11,15H,4-5H2,1-3H3,(H2,14,16). The molecular weight excluding hydrogens is 202 g/mol. The maximum absolute atomic E-state index is 10.7. The number of hydrogen-bond donors (Lipinski definition) is 2. The van der Waals surface area contributed by atoms with Gasteiger partial charge in [-0.05, 0) is 43.9 Å². The molecule has 0 heterocycles. The number of carbonyl (C=O) groups excluding carboxylic acids is 1. The minimum Gasteiger partial charge on any atom is -0.388 e. The molecule has 3 nitrogen and oxygen atoms in total. The number of hydrogen-bond acceptors (Lipinski definition) is 2. The Morgan fingerprint density at radius 2 is 1.81 bits per heavy atom. The monoisotopic (exact) mass is 221 g/mol. The molecule has 0 aliphatic carbocycles. The lowest BCUT2D eigenvalue weighted by Crippen LogP contribution is -2.13. The van der Waals surface area contributed by atoms with Crippen molar-refractivity contribution in [1.29, 1.82) is 0 Å². The zero-order valence-corrected chi connectivity index (χ0v) is 10.1. The van der Waals surface area contributed by atoms with Gasteiger partial charge in [0.2, 0.25) is 5.91 Å². The zero-order chi connectivity index (χ0) is 12.3. The Hall–Kier alpha value is -1.35. The summed E-state index contributed by atoms with van der Waals surface area (Å²) < 4.78 is 0. The molecule has 1 rings (SSSR count). The van der Waals surface area contributed by atoms with Crippen molar-refractivity contribution in [1.82, 2.24) is 0 Å². The second-order valence-corrected chi connectivity index (χ2v) is 4.33. The molecule has 1 aromatic carbocycles. The van der Waals surface area contributed by atoms with Crippen molar-refractivity contribution in [2.24, 2.45) is 5.73 Å². The van der Waals surface area contributed by atoms with Crippen molar-refractivity contribution in [3.63, 3.8) is 0 Å². The Kier molecular flexibility index (Phi) is 4.07. The molecule has 0 aliphatic rings. The number of benzene rings is 1. The summed E-state index contributed by atoms with van der Waals surface area (Å²) in [4.78, 5) is 10.7. The lowest BCUT2D eigenvalue weighted by molar-refractivity contribution is -0.118. The average molecular weight is 221 g/mol. The van der Waals surface area contributed by atoms with Gasteiger partial charge in [0.1, 0.15) is 0 Å². The highest BCUT2D eigenvalue weighted by Crippen LogP contribution is 2.26. The lowest BCUT2D eigenvalue weighted by Gasteiger charge is -2.16. The Morgan fingerprint density at radius 3 is 2.25 bits per heavy atom. The van der Waals surface area contributed by atoms with E-state index < -0.39 is 6.10 Å². The van der Waals surface area contributed by atoms with E-state index in [1.165, 1.54) is 5.56 Å². The molecule has 0 saturated heterocycles. The fourth-order valence-corrected chi connectivity index (χ4v) is 2.14. The second kappa shape index (κ2) is 5.12. The molecule has 1 atom stereocenters. The van der Waals surface area contributed by atoms with Gasteiger partial charge in [-0.15, -0.1) is 0 Å². The number of carbonyl (C=O) groups is 1. The van der Waals surface area contributed by atoms with E-state index in [2.05, 4.69) is 0 Å². The molecule has 0 bridgehead atoms. The molecule has 0 saturated carbocycles. The number of nitrogens with two attached hydrogens (primary N) is 1. The molecule has 0 aliphatic heterocycles. The van der Waals surface area contributed by atoms with Crippen LogP contribution in [0.25, 0.3) is 0 Å². The first kappa shape index (κ1) is 12.7. The number of aliphatic hydroxyl groups excluding tert-OH is 1. The van der Waals surface area contributed by atoms with Crippen molar-refractivity contribution in [2.75, 3.05) is 0 Å². The van der Waals surface area contributed by atoms with Crippen LogP contribution in [0.1, 0.15) is 41.2 Å². The van der Waals surface area contributed by atoms with Gasteiger partial charge in [-0.1, -0.05) is 17.7 Å². The number of aliphatic hydroxyl groups is 1. The molecule has 88 valence electrons. The average Bonchev–Trinajstić information content (AvgIpc) is 2.12. The van der Waals surface area contributed by atoms with E-state index in [9.17, 15) is 9.90 Å². The third kappa shape index (κ3) is 3.07. The molecule has 1 unspecified atom stereocenters. The third-order valence-corrected chi connectivity index (χ3v) is 2.74. The quantitative estimate of drug-likeness (QED) is 0.815. The van der Waals surface area contributed by atoms with Gasteiger partial charge >= 0.3 is 0 Å². The first-order valence-corrected chi connectivity index (χ1v) is 5.46. The Bertz CT molecular complexity index is 376. The van der Waals surface area contributed by atoms with E-state index in [1.807, 2.05) is 32.9 Å². The first-order chi connectivity index (χ1) is 7.41. The molecule has 16 heavy (non-hydrogen) atoms. The van der Waals surface area contributed by atoms with E-state index >= 15 is 0 Å². The van der Waals surface area contributed by atoms with Gasteiger partial charge in [-0.3, -0.25) is 4.79 Å². The van der Waals surface area contributed by atoms with Gasteiger partial charge in [0, 0.05) is 6.42 Å². The maximum atomic E-state index is 10.7. The molecule has 0 spiro atoms. The molecule has 3 heteroatoms. The molecular formula is C13H19NO2. The predicted octanol–water partition coefficient (Wildman–Crippen LogP) is 1.91. The van der Waals surface area contributed by atoms with E-state index in [0.717, 1.165) is 16.7 Å². The van der Waals surface area contributed by atoms with Crippen molar-refractivity contribution in [3.8, 4) is 0 Å². The van der Waals surface area contributed by atoms with Gasteiger partial charge in [-0.2, -0.15) is 0 Å². The van der Waals surface area contributed by atoms with Crippen LogP contribution in [0.5, 0.6) is 0 Å². The van der Waals surface area contributed by atoms with E-state index in [4.69, 9.17) is 5.73 Å². The SMILES string of the molecule is Cc1cc(C)c(C(O)CCC(N)=O)c(C)c1. The topological polar surface area (TPSA) is 63.3 Å². The smallest absolute Gasteiger partial charge is 0.217 e. The fraction of sp³-hybridized carbons (Fsp3) is 0.462. The van der Waals surface area contributed by atoms with Crippen LogP contribution in [-0.4, -0.2) is 11.0 Å². The largest absolute Gasteiger partial charge is 0.388 e. The summed E-state index contributed by atoms with van der Waals surface area (Å²) >= 11 is 0. The minimum atomic E-state index is -0.604. The van der Waals surface area contributed by atoms with Crippen molar-refractivity contribution in [3.05, 3.63) is 34.4 Å². The van der Waals surface area contributed by atoms with Gasteiger partial charge in [0.15, 0.2) is 0 Å². The van der Waals surface area contributed by atoms with Crippen LogP contribution in [-0.2, 0) is 4.79 Å². The molecule has 0 fully saturated rings. The zero-order valence-electron chi connectivity index (χ0n) is 10.1. The van der Waals surface area contributed by atoms with Gasteiger partial charge in [0.05, 0.1) is 6.10 Å². The van der Waals surface area contributed by atoms with Crippen LogP contribution in [0, 0.1) is 20.8 Å². The summed E-state index contributed by atoms with van der Waals surface area (Å²) in [5, 5.41) is 10.0. The van der Waals surface area contributed by atoms with Crippen LogP contribution in [0.2, 0.25) is 0 Å². The van der Waals surface area contributed by atoms with E-state index in [-0.39, 0.29) is 12.3 Å². The predicted molar refractivity (Wildman–Crippen MR) is 64.0 cm³/mol. The third-order valence-electron chi connectivity index (χ3n) is 2.74. The highest BCUT2D eigenvalue weighted by molar-refractivity contribution is 5.73.